The lowest BCUT2D eigenvalue weighted by atomic mass is 10.3. The van der Waals surface area contributed by atoms with Crippen molar-refractivity contribution in [3.63, 3.8) is 0 Å². The number of hydrogen-bond donors (Lipinski definition) is 0. The third-order valence-electron chi connectivity index (χ3n) is 4.45. The summed E-state index contributed by atoms with van der Waals surface area (Å²) in [6.07, 6.45) is 4.87. The highest BCUT2D eigenvalue weighted by molar-refractivity contribution is 9.10. The highest BCUT2D eigenvalue weighted by Gasteiger charge is 2.30. The van der Waals surface area contributed by atoms with E-state index in [-0.39, 0.29) is 10.8 Å². The van der Waals surface area contributed by atoms with E-state index < -0.39 is 10.0 Å². The van der Waals surface area contributed by atoms with Crippen LogP contribution in [0.4, 0.5) is 5.82 Å². The van der Waals surface area contributed by atoms with Crippen molar-refractivity contribution in [3.05, 3.63) is 40.8 Å². The fourth-order valence-corrected chi connectivity index (χ4v) is 4.86. The van der Waals surface area contributed by atoms with Gasteiger partial charge in [-0.15, -0.1) is 0 Å². The average molecular weight is 441 g/mol. The first-order chi connectivity index (χ1) is 12.3. The fourth-order valence-electron chi connectivity index (χ4n) is 3.04. The van der Waals surface area contributed by atoms with E-state index in [0.29, 0.717) is 31.1 Å². The SMILES string of the molecule is CCN(C(=O)c1cc(S(=O)(=O)N2CCCC2)cn1C)c1ccc(Br)cn1. The molecule has 140 valence electrons. The molecule has 0 aliphatic carbocycles. The van der Waals surface area contributed by atoms with Gasteiger partial charge in [0.05, 0.1) is 0 Å². The predicted octanol–water partition coefficient (Wildman–Crippen LogP) is 2.63. The number of aryl methyl sites for hydroxylation is 1. The van der Waals surface area contributed by atoms with Gasteiger partial charge >= 0.3 is 0 Å². The second-order valence-corrected chi connectivity index (χ2v) is 9.02. The fraction of sp³-hybridized carbons (Fsp3) is 0.412. The van der Waals surface area contributed by atoms with Crippen LogP contribution in [0.1, 0.15) is 30.3 Å². The first-order valence-corrected chi connectivity index (χ1v) is 10.7. The molecule has 1 amide bonds. The van der Waals surface area contributed by atoms with Gasteiger partial charge in [-0.1, -0.05) is 0 Å². The maximum absolute atomic E-state index is 13.0. The Bertz CT molecular complexity index is 903. The van der Waals surface area contributed by atoms with Crippen molar-refractivity contribution in [2.24, 2.45) is 7.05 Å². The largest absolute Gasteiger partial charge is 0.345 e. The van der Waals surface area contributed by atoms with Gasteiger partial charge in [-0.25, -0.2) is 13.4 Å². The zero-order chi connectivity index (χ0) is 18.9. The van der Waals surface area contributed by atoms with Gasteiger partial charge in [0.15, 0.2) is 0 Å². The van der Waals surface area contributed by atoms with Crippen LogP contribution in [0.3, 0.4) is 0 Å². The van der Waals surface area contributed by atoms with E-state index in [9.17, 15) is 13.2 Å². The second kappa shape index (κ2) is 7.50. The van der Waals surface area contributed by atoms with Gasteiger partial charge in [-0.3, -0.25) is 9.69 Å². The number of amides is 1. The monoisotopic (exact) mass is 440 g/mol. The van der Waals surface area contributed by atoms with Gasteiger partial charge in [0.2, 0.25) is 10.0 Å². The van der Waals surface area contributed by atoms with Crippen molar-refractivity contribution >= 4 is 37.7 Å². The third kappa shape index (κ3) is 3.56. The first kappa shape index (κ1) is 19.1. The lowest BCUT2D eigenvalue weighted by molar-refractivity contribution is 0.0979. The van der Waals surface area contributed by atoms with Crippen molar-refractivity contribution in [1.29, 1.82) is 0 Å². The molecule has 0 unspecified atom stereocenters. The highest BCUT2D eigenvalue weighted by Crippen LogP contribution is 2.24. The van der Waals surface area contributed by atoms with Crippen LogP contribution >= 0.6 is 15.9 Å². The predicted molar refractivity (Wildman–Crippen MR) is 103 cm³/mol. The zero-order valence-electron chi connectivity index (χ0n) is 14.7. The number of anilines is 1. The Kier molecular flexibility index (Phi) is 5.50. The second-order valence-electron chi connectivity index (χ2n) is 6.17. The Balaban J connectivity index is 1.92. The Morgan fingerprint density at radius 3 is 2.58 bits per heavy atom. The van der Waals surface area contributed by atoms with Gasteiger partial charge < -0.3 is 4.57 Å². The van der Waals surface area contributed by atoms with Crippen molar-refractivity contribution in [1.82, 2.24) is 13.9 Å². The Morgan fingerprint density at radius 1 is 1.31 bits per heavy atom. The Morgan fingerprint density at radius 2 is 2.00 bits per heavy atom. The quantitative estimate of drug-likeness (QED) is 0.715. The van der Waals surface area contributed by atoms with Crippen LogP contribution in [0.15, 0.2) is 40.0 Å². The van der Waals surface area contributed by atoms with E-state index in [2.05, 4.69) is 20.9 Å². The van der Waals surface area contributed by atoms with E-state index in [1.807, 2.05) is 13.0 Å². The molecule has 2 aromatic rings. The molecular weight excluding hydrogens is 420 g/mol. The van der Waals surface area contributed by atoms with Crippen molar-refractivity contribution in [3.8, 4) is 0 Å². The molecule has 0 aromatic carbocycles. The number of carbonyl (C=O) groups excluding carboxylic acids is 1. The summed E-state index contributed by atoms with van der Waals surface area (Å²) in [6.45, 7) is 3.34. The molecule has 0 atom stereocenters. The van der Waals surface area contributed by atoms with E-state index in [0.717, 1.165) is 17.3 Å². The molecule has 0 N–H and O–H groups in total. The number of pyridine rings is 1. The molecule has 1 aliphatic heterocycles. The molecule has 26 heavy (non-hydrogen) atoms. The van der Waals surface area contributed by atoms with Crippen molar-refractivity contribution in [2.75, 3.05) is 24.5 Å². The molecule has 3 heterocycles. The number of rotatable bonds is 5. The van der Waals surface area contributed by atoms with E-state index in [1.165, 1.54) is 21.5 Å². The summed E-state index contributed by atoms with van der Waals surface area (Å²) in [7, 11) is -1.88. The first-order valence-electron chi connectivity index (χ1n) is 8.44. The lowest BCUT2D eigenvalue weighted by Crippen LogP contribution is -2.32. The molecule has 0 bridgehead atoms. The summed E-state index contributed by atoms with van der Waals surface area (Å²) in [4.78, 5) is 18.9. The van der Waals surface area contributed by atoms with Crippen LogP contribution in [0.5, 0.6) is 0 Å². The number of carbonyl (C=O) groups is 1. The number of nitrogens with zero attached hydrogens (tertiary/aromatic N) is 4. The number of hydrogen-bond acceptors (Lipinski definition) is 4. The minimum atomic E-state index is -3.56. The third-order valence-corrected chi connectivity index (χ3v) is 6.78. The molecule has 0 spiro atoms. The topological polar surface area (TPSA) is 75.5 Å². The summed E-state index contributed by atoms with van der Waals surface area (Å²) in [5.74, 6) is 0.235. The molecule has 0 radical (unpaired) electrons. The van der Waals surface area contributed by atoms with Crippen LogP contribution in [-0.4, -0.2) is 47.8 Å². The van der Waals surface area contributed by atoms with Crippen LogP contribution in [0.25, 0.3) is 0 Å². The summed E-state index contributed by atoms with van der Waals surface area (Å²) < 4.78 is 29.3. The van der Waals surface area contributed by atoms with Gasteiger partial charge in [-0.05, 0) is 53.9 Å². The minimum absolute atomic E-state index is 0.157. The van der Waals surface area contributed by atoms with Crippen molar-refractivity contribution in [2.45, 2.75) is 24.7 Å². The molecule has 1 saturated heterocycles. The molecular formula is C17H21BrN4O3S. The van der Waals surface area contributed by atoms with Crippen LogP contribution in [0.2, 0.25) is 0 Å². The number of sulfonamides is 1. The summed E-state index contributed by atoms with van der Waals surface area (Å²) in [5, 5.41) is 0. The van der Waals surface area contributed by atoms with Gasteiger partial charge in [0.25, 0.3) is 5.91 Å². The maximum Gasteiger partial charge on any atom is 0.276 e. The minimum Gasteiger partial charge on any atom is -0.345 e. The molecule has 2 aromatic heterocycles. The van der Waals surface area contributed by atoms with Gasteiger partial charge in [-0.2, -0.15) is 4.31 Å². The van der Waals surface area contributed by atoms with E-state index in [4.69, 9.17) is 0 Å². The van der Waals surface area contributed by atoms with E-state index in [1.54, 1.807) is 23.9 Å². The molecule has 7 nitrogen and oxygen atoms in total. The Hall–Kier alpha value is -1.71. The van der Waals surface area contributed by atoms with Gasteiger partial charge in [0, 0.05) is 43.5 Å². The Labute approximate surface area is 161 Å². The zero-order valence-corrected chi connectivity index (χ0v) is 17.1. The molecule has 0 saturated carbocycles. The van der Waals surface area contributed by atoms with Gasteiger partial charge in [0.1, 0.15) is 16.4 Å². The van der Waals surface area contributed by atoms with Crippen molar-refractivity contribution < 1.29 is 13.2 Å². The maximum atomic E-state index is 13.0. The number of halogens is 1. The average Bonchev–Trinajstić information content (AvgIpc) is 3.27. The summed E-state index contributed by atoms with van der Waals surface area (Å²) in [5.41, 5.74) is 0.314. The summed E-state index contributed by atoms with van der Waals surface area (Å²) >= 11 is 3.33. The van der Waals surface area contributed by atoms with E-state index >= 15 is 0 Å². The number of aromatic nitrogens is 2. The standard InChI is InChI=1S/C17H21BrN4O3S/c1-3-22(16-7-6-13(18)11-19-16)17(23)15-10-14(12-20(15)2)26(24,25)21-8-4-5-9-21/h6-7,10-12H,3-5,8-9H2,1-2H3. The summed E-state index contributed by atoms with van der Waals surface area (Å²) in [6, 6.07) is 5.01. The normalized spacial score (nSPS) is 15.3. The molecule has 3 rings (SSSR count). The van der Waals surface area contributed by atoms with Crippen LogP contribution < -0.4 is 4.90 Å². The molecule has 1 fully saturated rings. The molecule has 1 aliphatic rings. The smallest absolute Gasteiger partial charge is 0.276 e. The highest BCUT2D eigenvalue weighted by atomic mass is 79.9. The molecule has 9 heteroatoms. The van der Waals surface area contributed by atoms with Crippen LogP contribution in [0, 0.1) is 0 Å². The lowest BCUT2D eigenvalue weighted by Gasteiger charge is -2.20. The van der Waals surface area contributed by atoms with Crippen LogP contribution in [-0.2, 0) is 17.1 Å².